The predicted octanol–water partition coefficient (Wildman–Crippen LogP) is 8.25. The van der Waals surface area contributed by atoms with Gasteiger partial charge in [0.2, 0.25) is 0 Å². The Morgan fingerprint density at radius 1 is 0.485 bits per heavy atom. The Morgan fingerprint density at radius 3 is 1.85 bits per heavy atom. The summed E-state index contributed by atoms with van der Waals surface area (Å²) in [5.74, 6) is 0. The fourth-order valence-electron chi connectivity index (χ4n) is 5.69. The van der Waals surface area contributed by atoms with Crippen LogP contribution in [0.3, 0.4) is 0 Å². The van der Waals surface area contributed by atoms with E-state index in [1.165, 1.54) is 54.0 Å². The Balaban J connectivity index is 1.85. The van der Waals surface area contributed by atoms with Crippen molar-refractivity contribution in [1.82, 2.24) is 9.38 Å². The smallest absolute Gasteiger partial charge is 0.146 e. The van der Waals surface area contributed by atoms with Crippen LogP contribution in [0.5, 0.6) is 0 Å². The van der Waals surface area contributed by atoms with Crippen LogP contribution >= 0.6 is 0 Å². The van der Waals surface area contributed by atoms with Gasteiger partial charge in [-0.05, 0) is 56.6 Å². The zero-order valence-electron chi connectivity index (χ0n) is 17.8. The zero-order chi connectivity index (χ0) is 21.5. The van der Waals surface area contributed by atoms with Crippen LogP contribution < -0.4 is 0 Å². The average molecular weight is 418 g/mol. The van der Waals surface area contributed by atoms with Crippen LogP contribution in [0, 0.1) is 0 Å². The van der Waals surface area contributed by atoms with Crippen molar-refractivity contribution in [3.8, 4) is 0 Å². The molecule has 0 spiro atoms. The van der Waals surface area contributed by atoms with E-state index in [0.717, 1.165) is 16.7 Å². The molecule has 0 N–H and O–H groups in total. The largest absolute Gasteiger partial charge is 0.291 e. The van der Waals surface area contributed by atoms with Gasteiger partial charge in [0, 0.05) is 16.2 Å². The highest BCUT2D eigenvalue weighted by molar-refractivity contribution is 6.33. The quantitative estimate of drug-likeness (QED) is 0.179. The lowest BCUT2D eigenvalue weighted by Crippen LogP contribution is -1.95. The van der Waals surface area contributed by atoms with Gasteiger partial charge < -0.3 is 0 Å². The first-order chi connectivity index (χ1) is 16.4. The lowest BCUT2D eigenvalue weighted by atomic mass is 9.93. The van der Waals surface area contributed by atoms with Gasteiger partial charge in [-0.3, -0.25) is 4.40 Å². The van der Waals surface area contributed by atoms with E-state index >= 15 is 0 Å². The molecule has 2 heterocycles. The van der Waals surface area contributed by atoms with Crippen LogP contribution in [0.15, 0.2) is 109 Å². The Labute approximate surface area is 189 Å². The molecule has 8 rings (SSSR count). The van der Waals surface area contributed by atoms with Gasteiger partial charge in [-0.15, -0.1) is 0 Å². The molecule has 6 aromatic carbocycles. The maximum absolute atomic E-state index is 5.15. The number of fused-ring (bicyclic) bond motifs is 14. The first kappa shape index (κ1) is 17.2. The van der Waals surface area contributed by atoms with Crippen molar-refractivity contribution in [3.05, 3.63) is 109 Å². The van der Waals surface area contributed by atoms with E-state index in [-0.39, 0.29) is 0 Å². The van der Waals surface area contributed by atoms with Gasteiger partial charge in [-0.25, -0.2) is 4.98 Å². The van der Waals surface area contributed by atoms with E-state index in [9.17, 15) is 0 Å². The summed E-state index contributed by atoms with van der Waals surface area (Å²) in [6, 6.07) is 39.4. The molecule has 0 aliphatic heterocycles. The third-order valence-corrected chi connectivity index (χ3v) is 7.09. The molecule has 0 saturated heterocycles. The minimum Gasteiger partial charge on any atom is -0.291 e. The number of aromatic nitrogens is 2. The first-order valence-corrected chi connectivity index (χ1v) is 11.3. The number of pyridine rings is 1. The van der Waals surface area contributed by atoms with Gasteiger partial charge >= 0.3 is 0 Å². The summed E-state index contributed by atoms with van der Waals surface area (Å²) in [7, 11) is 0. The molecule has 2 nitrogen and oxygen atoms in total. The topological polar surface area (TPSA) is 17.3 Å². The van der Waals surface area contributed by atoms with Crippen LogP contribution in [0.4, 0.5) is 0 Å². The fraction of sp³-hybridized carbons (Fsp3) is 0. The van der Waals surface area contributed by atoms with Gasteiger partial charge in [0.05, 0.1) is 16.6 Å². The summed E-state index contributed by atoms with van der Waals surface area (Å²) in [6.45, 7) is 0. The van der Waals surface area contributed by atoms with E-state index < -0.39 is 0 Å². The molecule has 0 fully saturated rings. The lowest BCUT2D eigenvalue weighted by molar-refractivity contribution is 1.33. The Bertz CT molecular complexity index is 2080. The molecule has 2 heteroatoms. The Morgan fingerprint density at radius 2 is 1.06 bits per heavy atom. The SMILES string of the molecule is c1ccc2cc3c(cc2c1)c1c2ccccc2c2ccccc2c1n1c2ccccc2nc31. The van der Waals surface area contributed by atoms with Crippen molar-refractivity contribution in [2.75, 3.05) is 0 Å². The third kappa shape index (κ3) is 2.15. The average Bonchev–Trinajstić information content (AvgIpc) is 3.27. The summed E-state index contributed by atoms with van der Waals surface area (Å²) in [6.07, 6.45) is 0. The van der Waals surface area contributed by atoms with Crippen molar-refractivity contribution < 1.29 is 0 Å². The number of imidazole rings is 1. The fourth-order valence-corrected chi connectivity index (χ4v) is 5.69. The molecule has 0 aliphatic carbocycles. The number of rotatable bonds is 0. The molecule has 0 radical (unpaired) electrons. The molecular formula is C31H18N2. The monoisotopic (exact) mass is 418 g/mol. The highest BCUT2D eigenvalue weighted by Crippen LogP contribution is 2.42. The Kier molecular flexibility index (Phi) is 3.16. The van der Waals surface area contributed by atoms with E-state index in [1.54, 1.807) is 0 Å². The molecule has 33 heavy (non-hydrogen) atoms. The maximum atomic E-state index is 5.15. The molecule has 8 aromatic rings. The van der Waals surface area contributed by atoms with Crippen molar-refractivity contribution in [2.24, 2.45) is 0 Å². The molecule has 2 aromatic heterocycles. The molecule has 0 aliphatic rings. The van der Waals surface area contributed by atoms with Crippen molar-refractivity contribution in [3.63, 3.8) is 0 Å². The third-order valence-electron chi connectivity index (χ3n) is 7.09. The van der Waals surface area contributed by atoms with Crippen LogP contribution in [-0.2, 0) is 0 Å². The van der Waals surface area contributed by atoms with E-state index in [0.29, 0.717) is 0 Å². The number of hydrogen-bond acceptors (Lipinski definition) is 1. The second-order valence-electron chi connectivity index (χ2n) is 8.82. The van der Waals surface area contributed by atoms with Gasteiger partial charge in [0.25, 0.3) is 0 Å². The molecule has 0 saturated carbocycles. The minimum atomic E-state index is 1.02. The summed E-state index contributed by atoms with van der Waals surface area (Å²) in [4.78, 5) is 5.15. The number of benzene rings is 6. The van der Waals surface area contributed by atoms with Crippen LogP contribution in [0.25, 0.3) is 70.7 Å². The molecule has 0 unspecified atom stereocenters. The summed E-state index contributed by atoms with van der Waals surface area (Å²) in [5, 5.41) is 11.3. The van der Waals surface area contributed by atoms with Crippen LogP contribution in [-0.4, -0.2) is 9.38 Å². The second-order valence-corrected chi connectivity index (χ2v) is 8.82. The van der Waals surface area contributed by atoms with Gasteiger partial charge in [0.15, 0.2) is 0 Å². The molecular weight excluding hydrogens is 400 g/mol. The van der Waals surface area contributed by atoms with Crippen molar-refractivity contribution in [1.29, 1.82) is 0 Å². The summed E-state index contributed by atoms with van der Waals surface area (Å²) in [5.41, 5.74) is 4.42. The van der Waals surface area contributed by atoms with E-state index in [4.69, 9.17) is 4.98 Å². The predicted molar refractivity (Wildman–Crippen MR) is 140 cm³/mol. The first-order valence-electron chi connectivity index (χ1n) is 11.3. The molecule has 0 bridgehead atoms. The summed E-state index contributed by atoms with van der Waals surface area (Å²) < 4.78 is 2.39. The molecule has 0 atom stereocenters. The lowest BCUT2D eigenvalue weighted by Gasteiger charge is -2.16. The van der Waals surface area contributed by atoms with Crippen molar-refractivity contribution >= 4 is 70.7 Å². The van der Waals surface area contributed by atoms with Crippen LogP contribution in [0.2, 0.25) is 0 Å². The maximum Gasteiger partial charge on any atom is 0.146 e. The minimum absolute atomic E-state index is 1.02. The number of para-hydroxylation sites is 2. The molecule has 0 amide bonds. The van der Waals surface area contributed by atoms with Gasteiger partial charge in [0.1, 0.15) is 5.65 Å². The summed E-state index contributed by atoms with van der Waals surface area (Å²) >= 11 is 0. The van der Waals surface area contributed by atoms with Gasteiger partial charge in [-0.1, -0.05) is 84.9 Å². The highest BCUT2D eigenvalue weighted by Gasteiger charge is 2.19. The Hall–Kier alpha value is -4.43. The van der Waals surface area contributed by atoms with E-state index in [2.05, 4.69) is 114 Å². The highest BCUT2D eigenvalue weighted by atomic mass is 15.0. The second kappa shape index (κ2) is 6.08. The zero-order valence-corrected chi connectivity index (χ0v) is 17.8. The number of hydrogen-bond donors (Lipinski definition) is 0. The van der Waals surface area contributed by atoms with Gasteiger partial charge in [-0.2, -0.15) is 0 Å². The van der Waals surface area contributed by atoms with E-state index in [1.807, 2.05) is 0 Å². The standard InChI is InChI=1S/C31H18N2/c1-2-10-20-18-26-25(17-19(20)9-1)29-23-13-5-3-11-21(23)22-12-4-6-14-24(22)30(29)33-28-16-8-7-15-27(28)32-31(26)33/h1-18H. The van der Waals surface area contributed by atoms with Crippen LogP contribution in [0.1, 0.15) is 0 Å². The molecule has 152 valence electrons. The normalized spacial score (nSPS) is 12.2. The van der Waals surface area contributed by atoms with Crippen molar-refractivity contribution in [2.45, 2.75) is 0 Å². The number of nitrogens with zero attached hydrogens (tertiary/aromatic N) is 2.